The summed E-state index contributed by atoms with van der Waals surface area (Å²) in [6.07, 6.45) is 2.68. The Hall–Kier alpha value is -2.23. The molecule has 2 nitrogen and oxygen atoms in total. The van der Waals surface area contributed by atoms with Gasteiger partial charge in [-0.05, 0) is 19.1 Å². The molecule has 0 atom stereocenters. The fourth-order valence-electron chi connectivity index (χ4n) is 1.56. The zero-order chi connectivity index (χ0) is 13.7. The molecular weight excluding hydrogens is 248 g/mol. The van der Waals surface area contributed by atoms with E-state index in [0.29, 0.717) is 0 Å². The number of aryl methyl sites for hydroxylation is 1. The topological polar surface area (TPSA) is 21.6 Å². The Balaban J connectivity index is 1.95. The van der Waals surface area contributed by atoms with E-state index in [2.05, 4.69) is 11.4 Å². The second-order valence-electron chi connectivity index (χ2n) is 4.06. The van der Waals surface area contributed by atoms with Crippen molar-refractivity contribution in [1.29, 1.82) is 0 Å². The van der Waals surface area contributed by atoms with Crippen molar-refractivity contribution in [2.24, 2.45) is 5.16 Å². The summed E-state index contributed by atoms with van der Waals surface area (Å²) in [4.78, 5) is 4.91. The number of halogens is 2. The van der Waals surface area contributed by atoms with Crippen LogP contribution in [0, 0.1) is 18.6 Å². The number of benzene rings is 2. The van der Waals surface area contributed by atoms with Crippen LogP contribution in [0.3, 0.4) is 0 Å². The van der Waals surface area contributed by atoms with Crippen LogP contribution in [-0.4, -0.2) is 6.21 Å². The van der Waals surface area contributed by atoms with E-state index in [4.69, 9.17) is 4.84 Å². The smallest absolute Gasteiger partial charge is 0.165 e. The van der Waals surface area contributed by atoms with Gasteiger partial charge in [-0.2, -0.15) is 0 Å². The predicted molar refractivity (Wildman–Crippen MR) is 68.9 cm³/mol. The minimum absolute atomic E-state index is 0.120. The summed E-state index contributed by atoms with van der Waals surface area (Å²) in [5.74, 6) is -1.80. The molecule has 0 amide bonds. The van der Waals surface area contributed by atoms with Crippen LogP contribution in [0.25, 0.3) is 0 Å². The molecule has 1 radical (unpaired) electrons. The second-order valence-corrected chi connectivity index (χ2v) is 4.06. The molecule has 2 aromatic carbocycles. The molecule has 0 aliphatic heterocycles. The maximum Gasteiger partial charge on any atom is 0.165 e. The SMILES string of the molecule is Cc1cccc(/[C]=N\OCc2cccc(F)c2F)c1. The molecule has 19 heavy (non-hydrogen) atoms. The number of nitrogens with zero attached hydrogens (tertiary/aromatic N) is 1. The molecule has 0 unspecified atom stereocenters. The van der Waals surface area contributed by atoms with Crippen LogP contribution >= 0.6 is 0 Å². The van der Waals surface area contributed by atoms with E-state index >= 15 is 0 Å². The molecule has 0 spiro atoms. The summed E-state index contributed by atoms with van der Waals surface area (Å²) >= 11 is 0. The third-order valence-electron chi connectivity index (χ3n) is 2.51. The molecule has 0 aliphatic carbocycles. The van der Waals surface area contributed by atoms with Gasteiger partial charge >= 0.3 is 0 Å². The largest absolute Gasteiger partial charge is 0.390 e. The Morgan fingerprint density at radius 2 is 1.95 bits per heavy atom. The maximum absolute atomic E-state index is 13.3. The van der Waals surface area contributed by atoms with Crippen LogP contribution in [0.4, 0.5) is 8.78 Å². The molecule has 0 heterocycles. The summed E-state index contributed by atoms with van der Waals surface area (Å²) < 4.78 is 26.2. The second kappa shape index (κ2) is 6.09. The molecule has 2 rings (SSSR count). The van der Waals surface area contributed by atoms with Gasteiger partial charge < -0.3 is 4.84 Å². The van der Waals surface area contributed by atoms with Crippen molar-refractivity contribution in [3.63, 3.8) is 0 Å². The van der Waals surface area contributed by atoms with E-state index in [1.165, 1.54) is 12.1 Å². The van der Waals surface area contributed by atoms with Crippen LogP contribution in [-0.2, 0) is 11.4 Å². The van der Waals surface area contributed by atoms with Crippen LogP contribution in [0.1, 0.15) is 16.7 Å². The lowest BCUT2D eigenvalue weighted by molar-refractivity contribution is 0.129. The first-order valence-electron chi connectivity index (χ1n) is 5.74. The minimum atomic E-state index is -0.909. The predicted octanol–water partition coefficient (Wildman–Crippen LogP) is 3.70. The Morgan fingerprint density at radius 1 is 1.16 bits per heavy atom. The highest BCUT2D eigenvalue weighted by atomic mass is 19.2. The van der Waals surface area contributed by atoms with Crippen LogP contribution < -0.4 is 0 Å². The standard InChI is InChI=1S/C15H12F2NO/c1-11-4-2-5-12(8-11)9-18-19-10-13-6-3-7-14(16)15(13)17/h2-8H,10H2,1H3. The minimum Gasteiger partial charge on any atom is -0.390 e. The molecule has 0 aromatic heterocycles. The number of hydrogen-bond donors (Lipinski definition) is 0. The molecule has 0 bridgehead atoms. The first-order chi connectivity index (χ1) is 9.16. The molecular formula is C15H12F2NO. The van der Waals surface area contributed by atoms with Crippen molar-refractivity contribution in [1.82, 2.24) is 0 Å². The Morgan fingerprint density at radius 3 is 2.74 bits per heavy atom. The quantitative estimate of drug-likeness (QED) is 0.606. The molecule has 0 aliphatic rings. The lowest BCUT2D eigenvalue weighted by atomic mass is 10.2. The highest BCUT2D eigenvalue weighted by molar-refractivity contribution is 5.79. The normalized spacial score (nSPS) is 10.9. The molecule has 2 aromatic rings. The van der Waals surface area contributed by atoms with E-state index in [1.807, 2.05) is 31.2 Å². The lowest BCUT2D eigenvalue weighted by Gasteiger charge is -2.01. The Labute approximate surface area is 110 Å². The monoisotopic (exact) mass is 260 g/mol. The summed E-state index contributed by atoms with van der Waals surface area (Å²) in [5.41, 5.74) is 1.96. The van der Waals surface area contributed by atoms with Crippen LogP contribution in [0.5, 0.6) is 0 Å². The van der Waals surface area contributed by atoms with Gasteiger partial charge in [0.2, 0.25) is 0 Å². The molecule has 0 saturated carbocycles. The number of hydrogen-bond acceptors (Lipinski definition) is 2. The zero-order valence-electron chi connectivity index (χ0n) is 10.4. The molecule has 0 fully saturated rings. The molecule has 4 heteroatoms. The molecule has 0 saturated heterocycles. The van der Waals surface area contributed by atoms with Crippen molar-refractivity contribution >= 4 is 6.21 Å². The fourth-order valence-corrected chi connectivity index (χ4v) is 1.56. The molecule has 0 N–H and O–H groups in total. The average Bonchev–Trinajstić information content (AvgIpc) is 2.39. The lowest BCUT2D eigenvalue weighted by Crippen LogP contribution is -1.95. The first kappa shape index (κ1) is 13.2. The average molecular weight is 260 g/mol. The van der Waals surface area contributed by atoms with E-state index in [0.717, 1.165) is 17.2 Å². The Kier molecular flexibility index (Phi) is 4.23. The van der Waals surface area contributed by atoms with E-state index in [1.54, 1.807) is 0 Å². The Bertz CT molecular complexity index is 596. The van der Waals surface area contributed by atoms with Gasteiger partial charge in [-0.3, -0.25) is 0 Å². The van der Waals surface area contributed by atoms with Crippen LogP contribution in [0.15, 0.2) is 47.6 Å². The highest BCUT2D eigenvalue weighted by Crippen LogP contribution is 2.12. The third kappa shape index (κ3) is 3.61. The van der Waals surface area contributed by atoms with Gasteiger partial charge in [-0.1, -0.05) is 41.1 Å². The van der Waals surface area contributed by atoms with Gasteiger partial charge in [-0.15, -0.1) is 0 Å². The van der Waals surface area contributed by atoms with Crippen LogP contribution in [0.2, 0.25) is 0 Å². The summed E-state index contributed by atoms with van der Waals surface area (Å²) in [6.45, 7) is 1.82. The van der Waals surface area contributed by atoms with Crippen molar-refractivity contribution in [2.75, 3.05) is 0 Å². The van der Waals surface area contributed by atoms with Gasteiger partial charge in [0, 0.05) is 11.1 Å². The maximum atomic E-state index is 13.3. The van der Waals surface area contributed by atoms with E-state index in [9.17, 15) is 8.78 Å². The van der Waals surface area contributed by atoms with E-state index < -0.39 is 11.6 Å². The van der Waals surface area contributed by atoms with Gasteiger partial charge in [0.25, 0.3) is 0 Å². The fraction of sp³-hybridized carbons (Fsp3) is 0.133. The van der Waals surface area contributed by atoms with Gasteiger partial charge in [-0.25, -0.2) is 8.78 Å². The number of rotatable bonds is 4. The molecule has 97 valence electrons. The van der Waals surface area contributed by atoms with Gasteiger partial charge in [0.05, 0.1) is 0 Å². The van der Waals surface area contributed by atoms with Crippen molar-refractivity contribution in [2.45, 2.75) is 13.5 Å². The van der Waals surface area contributed by atoms with Gasteiger partial charge in [0.1, 0.15) is 12.8 Å². The zero-order valence-corrected chi connectivity index (χ0v) is 10.4. The highest BCUT2D eigenvalue weighted by Gasteiger charge is 2.07. The summed E-state index contributed by atoms with van der Waals surface area (Å²) in [6, 6.07) is 11.5. The first-order valence-corrected chi connectivity index (χ1v) is 5.74. The summed E-state index contributed by atoms with van der Waals surface area (Å²) in [7, 11) is 0. The van der Waals surface area contributed by atoms with Crippen molar-refractivity contribution < 1.29 is 13.6 Å². The van der Waals surface area contributed by atoms with E-state index in [-0.39, 0.29) is 12.2 Å². The van der Waals surface area contributed by atoms with Crippen molar-refractivity contribution in [3.05, 3.63) is 70.8 Å². The van der Waals surface area contributed by atoms with Gasteiger partial charge in [0.15, 0.2) is 11.6 Å². The summed E-state index contributed by atoms with van der Waals surface area (Å²) in [5, 5.41) is 3.61. The van der Waals surface area contributed by atoms with Crippen molar-refractivity contribution in [3.8, 4) is 0 Å². The third-order valence-corrected chi connectivity index (χ3v) is 2.51.